The lowest BCUT2D eigenvalue weighted by molar-refractivity contribution is -0.155. The summed E-state index contributed by atoms with van der Waals surface area (Å²) in [7, 11) is -4.32. The molecule has 0 aliphatic heterocycles. The number of carboxylic acids is 1. The average Bonchev–Trinajstić information content (AvgIpc) is 0.815. The lowest BCUT2D eigenvalue weighted by atomic mass is 9.92. The Bertz CT molecular complexity index is 4630. The molecule has 820 valence electrons. The zero-order chi connectivity index (χ0) is 106. The van der Waals surface area contributed by atoms with Crippen LogP contribution < -0.4 is 0 Å². The fourth-order valence-electron chi connectivity index (χ4n) is 13.7. The number of amides is 2. The number of carboxylic acid groups (broad SMARTS) is 1. The number of methoxy groups -OCH3 is 2. The molecule has 146 heavy (non-hydrogen) atoms. The van der Waals surface area contributed by atoms with Gasteiger partial charge in [0.1, 0.15) is 5.60 Å². The molecule has 0 radical (unpaired) electrons. The van der Waals surface area contributed by atoms with E-state index in [0.717, 1.165) is 33.4 Å². The number of ether oxygens (including phenoxy) is 23. The van der Waals surface area contributed by atoms with E-state index in [0.29, 0.717) is 288 Å². The van der Waals surface area contributed by atoms with E-state index in [-0.39, 0.29) is 115 Å². The second-order valence-electron chi connectivity index (χ2n) is 34.8. The van der Waals surface area contributed by atoms with Crippen molar-refractivity contribution in [3.05, 3.63) is 201 Å². The van der Waals surface area contributed by atoms with Gasteiger partial charge in [0, 0.05) is 74.5 Å². The van der Waals surface area contributed by atoms with Crippen molar-refractivity contribution >= 4 is 55.0 Å². The molecule has 1 N–H and O–H groups in total. The first kappa shape index (κ1) is 128. The van der Waals surface area contributed by atoms with Crippen molar-refractivity contribution in [1.82, 2.24) is 9.80 Å². The number of nitrogens with zero attached hydrogens (tertiary/aromatic N) is 2. The van der Waals surface area contributed by atoms with E-state index in [1.165, 1.54) is 34.1 Å². The Morgan fingerprint density at radius 3 is 0.699 bits per heavy atom. The molecule has 2 amide bonds. The minimum absolute atomic E-state index is 0.0310. The molecular formula is C108H162N2O34S2. The van der Waals surface area contributed by atoms with Crippen molar-refractivity contribution in [1.29, 1.82) is 0 Å². The third-order valence-electron chi connectivity index (χ3n) is 21.7. The third-order valence-corrected chi connectivity index (χ3v) is 25.4. The van der Waals surface area contributed by atoms with Gasteiger partial charge >= 0.3 is 11.9 Å². The number of Topliss-reactive ketones (excluding diaryl/α,β-unsaturated/α-hetero) is 2. The molecule has 0 heterocycles. The number of rotatable bonds is 90. The SMILES string of the molecule is COCCOCCOCCOCCOCCOCCOCCOCCOCCOCCOCCN(CCC(=O)O)C(=O)c1ccc(C(=O)C(CCc2ccc(C)cc2)CS(=O)(=O)c2ccc(C)cc2)cc1.COCCOCCOCCOCCOCCOCCOCCOCCOCCOCCOCCN(CCC(=O)OC(C)(C)C)C(=O)c1ccc(C(=O)C(CCc2ccc(C)cc2)CS(=O)(=O)c2ccc(C)cc2)cc1. The van der Waals surface area contributed by atoms with Crippen LogP contribution in [0.5, 0.6) is 0 Å². The van der Waals surface area contributed by atoms with Crippen LogP contribution in [0.25, 0.3) is 0 Å². The molecule has 0 aliphatic rings. The van der Waals surface area contributed by atoms with Gasteiger partial charge in [-0.05, 0) is 134 Å². The lowest BCUT2D eigenvalue weighted by Gasteiger charge is -2.24. The summed E-state index contributed by atoms with van der Waals surface area (Å²) >= 11 is 0. The quantitative estimate of drug-likeness (QED) is 0.0210. The highest BCUT2D eigenvalue weighted by atomic mass is 32.2. The third kappa shape index (κ3) is 62.3. The van der Waals surface area contributed by atoms with Gasteiger partial charge in [0.15, 0.2) is 31.2 Å². The lowest BCUT2D eigenvalue weighted by Crippen LogP contribution is -2.37. The molecule has 0 aromatic heterocycles. The standard InChI is InChI=1S/C56H85NO17S.C52H77NO17S/c1-46-7-11-48(12-8-46)13-14-51(45-75(61,62)52-19-9-47(2)10-20-52)54(59)49-15-17-50(18-16-49)55(60)57(22-21-53(58)74-56(3,4)5)23-24-64-27-28-66-31-32-68-35-36-70-39-40-72-43-44-73-42-41-71-38-37-69-34-33-67-30-29-65-26-25-63-6;1-43-4-8-45(9-5-43)10-11-48(42-71(58,59)49-16-6-44(2)7-17-49)51(56)46-12-14-47(15-13-46)52(57)53(19-18-50(54)55)20-21-61-24-25-63-28-29-65-32-33-67-36-37-69-40-41-70-39-38-68-35-34-66-31-30-64-27-26-62-23-22-60-3/h7-12,15-20,51H,13-14,21-45H2,1-6H3;4-9,12-17,48H,10-11,18-42H2,1-3H3,(H,54,55). The number of esters is 1. The average molecular weight is 2100 g/mol. The van der Waals surface area contributed by atoms with E-state index in [1.807, 2.05) is 76.2 Å². The topological polar surface area (TPSA) is 410 Å². The van der Waals surface area contributed by atoms with Crippen LogP contribution in [0.3, 0.4) is 0 Å². The predicted octanol–water partition coefficient (Wildman–Crippen LogP) is 11.1. The van der Waals surface area contributed by atoms with E-state index in [2.05, 4.69) is 0 Å². The Balaban J connectivity index is 0.000000514. The monoisotopic (exact) mass is 2100 g/mol. The molecule has 0 bridgehead atoms. The van der Waals surface area contributed by atoms with E-state index >= 15 is 0 Å². The molecule has 2 unspecified atom stereocenters. The fourth-order valence-corrected chi connectivity index (χ4v) is 16.8. The molecule has 0 aliphatic carbocycles. The maximum absolute atomic E-state index is 14.1. The molecule has 6 rings (SSSR count). The summed E-state index contributed by atoms with van der Waals surface area (Å²) in [4.78, 5) is 82.8. The summed E-state index contributed by atoms with van der Waals surface area (Å²) in [5.41, 5.74) is 6.50. The first-order valence-electron chi connectivity index (χ1n) is 50.2. The molecule has 6 aromatic rings. The van der Waals surface area contributed by atoms with Crippen LogP contribution in [0, 0.1) is 39.5 Å². The summed E-state index contributed by atoms with van der Waals surface area (Å²) < 4.78 is 180. The molecule has 6 aromatic carbocycles. The van der Waals surface area contributed by atoms with E-state index in [9.17, 15) is 50.7 Å². The minimum atomic E-state index is -3.79. The summed E-state index contributed by atoms with van der Waals surface area (Å²) in [6.07, 6.45) is 1.36. The highest BCUT2D eigenvalue weighted by Gasteiger charge is 2.32. The number of ketones is 2. The van der Waals surface area contributed by atoms with Gasteiger partial charge in [0.05, 0.1) is 312 Å². The molecule has 0 saturated heterocycles. The van der Waals surface area contributed by atoms with Crippen molar-refractivity contribution in [2.45, 2.75) is 102 Å². The molecule has 0 saturated carbocycles. The van der Waals surface area contributed by atoms with Crippen molar-refractivity contribution in [2.24, 2.45) is 11.8 Å². The van der Waals surface area contributed by atoms with Crippen molar-refractivity contribution in [3.8, 4) is 0 Å². The highest BCUT2D eigenvalue weighted by molar-refractivity contribution is 7.91. The van der Waals surface area contributed by atoms with Crippen LogP contribution in [0.15, 0.2) is 155 Å². The molecule has 0 spiro atoms. The first-order valence-corrected chi connectivity index (χ1v) is 53.5. The van der Waals surface area contributed by atoms with Gasteiger partial charge in [-0.15, -0.1) is 0 Å². The summed E-state index contributed by atoms with van der Waals surface area (Å²) in [5.74, 6) is -5.32. The first-order chi connectivity index (χ1) is 70.7. The van der Waals surface area contributed by atoms with Crippen LogP contribution in [0.2, 0.25) is 0 Å². The summed E-state index contributed by atoms with van der Waals surface area (Å²) in [6, 6.07) is 41.3. The number of aliphatic carboxylic acids is 1. The zero-order valence-electron chi connectivity index (χ0n) is 87.3. The largest absolute Gasteiger partial charge is 0.481 e. The van der Waals surface area contributed by atoms with Gasteiger partial charge in [0.25, 0.3) is 11.8 Å². The van der Waals surface area contributed by atoms with Crippen LogP contribution in [0.4, 0.5) is 0 Å². The molecule has 0 fully saturated rings. The number of hydrogen-bond acceptors (Lipinski definition) is 33. The van der Waals surface area contributed by atoms with Gasteiger partial charge in [0.2, 0.25) is 0 Å². The molecular weight excluding hydrogens is 1930 g/mol. The van der Waals surface area contributed by atoms with Crippen molar-refractivity contribution in [2.75, 3.05) is 329 Å². The number of sulfone groups is 2. The Hall–Kier alpha value is -8.44. The highest BCUT2D eigenvalue weighted by Crippen LogP contribution is 2.27. The van der Waals surface area contributed by atoms with E-state index in [1.54, 1.807) is 108 Å². The van der Waals surface area contributed by atoms with E-state index in [4.69, 9.17) is 109 Å². The Morgan fingerprint density at radius 1 is 0.274 bits per heavy atom. The molecule has 2 atom stereocenters. The minimum Gasteiger partial charge on any atom is -0.481 e. The fraction of sp³-hybridized carbons (Fsp3) is 0.611. The number of carbonyl (C=O) groups is 6. The maximum atomic E-state index is 14.1. The second kappa shape index (κ2) is 80.5. The Kier molecular flexibility index (Phi) is 70.6. The van der Waals surface area contributed by atoms with Gasteiger partial charge in [-0.3, -0.25) is 28.8 Å². The Labute approximate surface area is 864 Å². The maximum Gasteiger partial charge on any atom is 0.308 e. The van der Waals surface area contributed by atoms with Crippen LogP contribution in [-0.4, -0.2) is 402 Å². The predicted molar refractivity (Wildman–Crippen MR) is 549 cm³/mol. The number of benzene rings is 6. The van der Waals surface area contributed by atoms with Gasteiger partial charge in [-0.25, -0.2) is 16.8 Å². The van der Waals surface area contributed by atoms with Gasteiger partial charge in [-0.2, -0.15) is 0 Å². The number of carbonyl (C=O) groups excluding carboxylic acids is 5. The second-order valence-corrected chi connectivity index (χ2v) is 38.9. The van der Waals surface area contributed by atoms with Gasteiger partial charge in [-0.1, -0.05) is 119 Å². The Morgan fingerprint density at radius 2 is 0.479 bits per heavy atom. The summed E-state index contributed by atoms with van der Waals surface area (Å²) in [5, 5.41) is 9.35. The van der Waals surface area contributed by atoms with E-state index < -0.39 is 55.0 Å². The van der Waals surface area contributed by atoms with Gasteiger partial charge < -0.3 is 124 Å². The van der Waals surface area contributed by atoms with Crippen molar-refractivity contribution < 1.29 is 160 Å². The number of hydrogen-bond donors (Lipinski definition) is 1. The van der Waals surface area contributed by atoms with Crippen LogP contribution in [-0.2, 0) is 151 Å². The summed E-state index contributed by atoms with van der Waals surface area (Å²) in [6.45, 7) is 31.8. The van der Waals surface area contributed by atoms with Crippen LogP contribution in [0.1, 0.15) is 121 Å². The van der Waals surface area contributed by atoms with Crippen molar-refractivity contribution in [3.63, 3.8) is 0 Å². The zero-order valence-corrected chi connectivity index (χ0v) is 89.0. The van der Waals surface area contributed by atoms with Crippen LogP contribution >= 0.6 is 0 Å². The molecule has 38 heteroatoms. The number of aryl methyl sites for hydroxylation is 6. The smallest absolute Gasteiger partial charge is 0.308 e. The normalized spacial score (nSPS) is 12.1. The molecule has 36 nitrogen and oxygen atoms in total.